The third kappa shape index (κ3) is 4.49. The number of para-hydroxylation sites is 2. The van der Waals surface area contributed by atoms with Crippen LogP contribution in [0.15, 0.2) is 54.6 Å². The van der Waals surface area contributed by atoms with Gasteiger partial charge in [0.15, 0.2) is 0 Å². The Bertz CT molecular complexity index is 1030. The van der Waals surface area contributed by atoms with Crippen LogP contribution in [0.3, 0.4) is 0 Å². The molecule has 0 spiro atoms. The van der Waals surface area contributed by atoms with Crippen molar-refractivity contribution in [3.8, 4) is 0 Å². The van der Waals surface area contributed by atoms with Crippen LogP contribution in [0.2, 0.25) is 0 Å². The monoisotopic (exact) mass is 434 g/mol. The van der Waals surface area contributed by atoms with E-state index in [-0.39, 0.29) is 41.5 Å². The summed E-state index contributed by atoms with van der Waals surface area (Å²) >= 11 is 0. The average Bonchev–Trinajstić information content (AvgIpc) is 3.21. The molecule has 4 rings (SSSR count). The van der Waals surface area contributed by atoms with Crippen molar-refractivity contribution < 1.29 is 19.2 Å². The van der Waals surface area contributed by atoms with Gasteiger partial charge in [0.05, 0.1) is 17.2 Å². The van der Waals surface area contributed by atoms with Gasteiger partial charge in [-0.15, -0.1) is 0 Å². The molecule has 8 nitrogen and oxygen atoms in total. The highest BCUT2D eigenvalue weighted by molar-refractivity contribution is 6.03. The van der Waals surface area contributed by atoms with Crippen LogP contribution in [0.5, 0.6) is 0 Å². The molecule has 2 aliphatic heterocycles. The van der Waals surface area contributed by atoms with E-state index in [2.05, 4.69) is 5.32 Å². The lowest BCUT2D eigenvalue weighted by Gasteiger charge is -2.33. The molecule has 2 fully saturated rings. The number of amides is 4. The number of likely N-dealkylation sites (tertiary alicyclic amines) is 1. The van der Waals surface area contributed by atoms with E-state index in [1.54, 1.807) is 34.1 Å². The first-order valence-electron chi connectivity index (χ1n) is 10.8. The van der Waals surface area contributed by atoms with Gasteiger partial charge < -0.3 is 20.9 Å². The Labute approximate surface area is 186 Å². The van der Waals surface area contributed by atoms with Gasteiger partial charge in [-0.2, -0.15) is 0 Å². The molecular formula is C24H26N4O4. The number of rotatable bonds is 5. The van der Waals surface area contributed by atoms with Crippen molar-refractivity contribution in [3.63, 3.8) is 0 Å². The average molecular weight is 434 g/mol. The van der Waals surface area contributed by atoms with Crippen molar-refractivity contribution in [2.45, 2.75) is 19.3 Å². The second-order valence-electron chi connectivity index (χ2n) is 8.24. The molecule has 1 atom stereocenters. The number of primary amides is 1. The lowest BCUT2D eigenvalue weighted by molar-refractivity contribution is -0.138. The molecular weight excluding hydrogens is 408 g/mol. The van der Waals surface area contributed by atoms with E-state index in [0.29, 0.717) is 38.2 Å². The molecule has 3 N–H and O–H groups in total. The maximum Gasteiger partial charge on any atom is 0.250 e. The van der Waals surface area contributed by atoms with E-state index >= 15 is 0 Å². The zero-order valence-corrected chi connectivity index (χ0v) is 17.7. The first-order valence-corrected chi connectivity index (χ1v) is 10.8. The van der Waals surface area contributed by atoms with Gasteiger partial charge in [-0.3, -0.25) is 19.2 Å². The first-order chi connectivity index (χ1) is 15.4. The summed E-state index contributed by atoms with van der Waals surface area (Å²) in [6.07, 6.45) is 1.26. The number of carbonyl (C=O) groups excluding carboxylic acids is 4. The lowest BCUT2D eigenvalue weighted by atomic mass is 9.94. The summed E-state index contributed by atoms with van der Waals surface area (Å²) in [7, 11) is 0. The fourth-order valence-corrected chi connectivity index (χ4v) is 4.39. The van der Waals surface area contributed by atoms with E-state index in [1.807, 2.05) is 30.3 Å². The van der Waals surface area contributed by atoms with Crippen LogP contribution in [0, 0.1) is 11.8 Å². The molecule has 2 aliphatic rings. The molecule has 2 saturated heterocycles. The van der Waals surface area contributed by atoms with Crippen LogP contribution in [-0.4, -0.2) is 48.2 Å². The maximum absolute atomic E-state index is 13.0. The Balaban J connectivity index is 1.32. The number of carbonyl (C=O) groups is 4. The molecule has 0 aromatic heterocycles. The van der Waals surface area contributed by atoms with Gasteiger partial charge in [0, 0.05) is 37.7 Å². The smallest absolute Gasteiger partial charge is 0.250 e. The maximum atomic E-state index is 13.0. The molecule has 0 saturated carbocycles. The summed E-state index contributed by atoms with van der Waals surface area (Å²) in [4.78, 5) is 53.1. The Kier molecular flexibility index (Phi) is 6.20. The van der Waals surface area contributed by atoms with Crippen molar-refractivity contribution in [2.24, 2.45) is 17.6 Å². The van der Waals surface area contributed by atoms with E-state index < -0.39 is 5.91 Å². The summed E-state index contributed by atoms with van der Waals surface area (Å²) in [6, 6.07) is 16.0. The minimum absolute atomic E-state index is 0.0327. The van der Waals surface area contributed by atoms with Gasteiger partial charge >= 0.3 is 0 Å². The minimum atomic E-state index is -0.600. The quantitative estimate of drug-likeness (QED) is 0.749. The van der Waals surface area contributed by atoms with Gasteiger partial charge in [0.2, 0.25) is 17.7 Å². The number of nitrogens with one attached hydrogen (secondary N) is 1. The van der Waals surface area contributed by atoms with Crippen molar-refractivity contribution in [3.05, 3.63) is 60.2 Å². The summed E-state index contributed by atoms with van der Waals surface area (Å²) in [5, 5.41) is 2.80. The number of hydrogen-bond acceptors (Lipinski definition) is 4. The van der Waals surface area contributed by atoms with Crippen LogP contribution in [0.4, 0.5) is 11.4 Å². The number of piperidine rings is 1. The van der Waals surface area contributed by atoms with E-state index in [4.69, 9.17) is 5.73 Å². The Hall–Kier alpha value is -3.68. The summed E-state index contributed by atoms with van der Waals surface area (Å²) in [5.74, 6) is -1.48. The molecule has 2 aromatic carbocycles. The number of anilines is 2. The molecule has 166 valence electrons. The van der Waals surface area contributed by atoms with Crippen LogP contribution in [0.25, 0.3) is 0 Å². The Morgan fingerprint density at radius 1 is 0.906 bits per heavy atom. The molecule has 2 aromatic rings. The second kappa shape index (κ2) is 9.21. The van der Waals surface area contributed by atoms with Crippen molar-refractivity contribution >= 4 is 35.0 Å². The Morgan fingerprint density at radius 3 is 2.25 bits per heavy atom. The predicted octanol–water partition coefficient (Wildman–Crippen LogP) is 2.02. The van der Waals surface area contributed by atoms with Gasteiger partial charge in [-0.05, 0) is 37.1 Å². The molecule has 2 heterocycles. The summed E-state index contributed by atoms with van der Waals surface area (Å²) in [6.45, 7) is 1.31. The highest BCUT2D eigenvalue weighted by Gasteiger charge is 2.38. The standard InChI is InChI=1S/C24H26N4O4/c25-22(30)19-8-4-5-9-20(19)26-23(31)16-10-12-27(13-11-16)24(32)17-14-21(29)28(15-17)18-6-2-1-3-7-18/h1-9,16-17H,10-15H2,(H2,25,30)(H,26,31). The number of benzene rings is 2. The van der Waals surface area contributed by atoms with E-state index in [1.165, 1.54) is 0 Å². The summed E-state index contributed by atoms with van der Waals surface area (Å²) in [5.41, 5.74) is 6.84. The predicted molar refractivity (Wildman–Crippen MR) is 120 cm³/mol. The first kappa shape index (κ1) is 21.5. The van der Waals surface area contributed by atoms with Gasteiger partial charge in [-0.25, -0.2) is 0 Å². The normalized spacial score (nSPS) is 19.1. The third-order valence-electron chi connectivity index (χ3n) is 6.17. The zero-order valence-electron chi connectivity index (χ0n) is 17.7. The number of nitrogens with zero attached hydrogens (tertiary/aromatic N) is 2. The van der Waals surface area contributed by atoms with Crippen molar-refractivity contribution in [1.82, 2.24) is 4.90 Å². The van der Waals surface area contributed by atoms with Crippen molar-refractivity contribution in [2.75, 3.05) is 29.9 Å². The Morgan fingerprint density at radius 2 is 1.56 bits per heavy atom. The fourth-order valence-electron chi connectivity index (χ4n) is 4.39. The van der Waals surface area contributed by atoms with E-state index in [0.717, 1.165) is 5.69 Å². The number of nitrogens with two attached hydrogens (primary N) is 1. The SMILES string of the molecule is NC(=O)c1ccccc1NC(=O)C1CCN(C(=O)C2CC(=O)N(c3ccccc3)C2)CC1. The highest BCUT2D eigenvalue weighted by Crippen LogP contribution is 2.28. The minimum Gasteiger partial charge on any atom is -0.366 e. The van der Waals surface area contributed by atoms with Gasteiger partial charge in [0.25, 0.3) is 5.91 Å². The largest absolute Gasteiger partial charge is 0.366 e. The third-order valence-corrected chi connectivity index (χ3v) is 6.17. The molecule has 0 bridgehead atoms. The van der Waals surface area contributed by atoms with Gasteiger partial charge in [0.1, 0.15) is 0 Å². The lowest BCUT2D eigenvalue weighted by Crippen LogP contribution is -2.44. The second-order valence-corrected chi connectivity index (χ2v) is 8.24. The number of hydrogen-bond donors (Lipinski definition) is 2. The van der Waals surface area contributed by atoms with E-state index in [9.17, 15) is 19.2 Å². The van der Waals surface area contributed by atoms with Gasteiger partial charge in [-0.1, -0.05) is 30.3 Å². The molecule has 4 amide bonds. The fraction of sp³-hybridized carbons (Fsp3) is 0.333. The molecule has 32 heavy (non-hydrogen) atoms. The zero-order chi connectivity index (χ0) is 22.7. The van der Waals surface area contributed by atoms with Crippen molar-refractivity contribution in [1.29, 1.82) is 0 Å². The van der Waals surface area contributed by atoms with Crippen LogP contribution < -0.4 is 16.0 Å². The topological polar surface area (TPSA) is 113 Å². The van der Waals surface area contributed by atoms with Crippen LogP contribution in [-0.2, 0) is 14.4 Å². The summed E-state index contributed by atoms with van der Waals surface area (Å²) < 4.78 is 0. The van der Waals surface area contributed by atoms with Crippen LogP contribution >= 0.6 is 0 Å². The molecule has 1 unspecified atom stereocenters. The van der Waals surface area contributed by atoms with Crippen LogP contribution in [0.1, 0.15) is 29.6 Å². The molecule has 0 aliphatic carbocycles. The highest BCUT2D eigenvalue weighted by atomic mass is 16.2. The molecule has 0 radical (unpaired) electrons. The molecule has 8 heteroatoms.